The van der Waals surface area contributed by atoms with E-state index in [1.807, 2.05) is 4.90 Å². The van der Waals surface area contributed by atoms with Crippen LogP contribution in [-0.2, 0) is 25.5 Å². The Bertz CT molecular complexity index is 1360. The molecule has 12 nitrogen and oxygen atoms in total. The van der Waals surface area contributed by atoms with E-state index in [9.17, 15) is 39.6 Å². The molecule has 1 aliphatic heterocycles. The summed E-state index contributed by atoms with van der Waals surface area (Å²) in [6, 6.07) is 1.57. The third kappa shape index (κ3) is 3.97. The number of fused-ring (bicyclic) bond motifs is 3. The number of likely N-dealkylation sites (N-methyl/N-ethyl adjacent to an activating group) is 1. The smallest absolute Gasteiger partial charge is 0.255 e. The first kappa shape index (κ1) is 27.0. The first-order valence-electron chi connectivity index (χ1n) is 12.7. The summed E-state index contributed by atoms with van der Waals surface area (Å²) in [7, 11) is 3.07. The van der Waals surface area contributed by atoms with Crippen molar-refractivity contribution >= 4 is 29.0 Å². The highest BCUT2D eigenvalue weighted by Crippen LogP contribution is 2.52. The number of aliphatic hydroxyl groups excluding tert-OH is 2. The second kappa shape index (κ2) is 9.56. The van der Waals surface area contributed by atoms with Gasteiger partial charge in [-0.1, -0.05) is 0 Å². The lowest BCUT2D eigenvalue weighted by atomic mass is 9.57. The molecule has 1 aromatic carbocycles. The van der Waals surface area contributed by atoms with Crippen molar-refractivity contribution in [1.82, 2.24) is 9.80 Å². The number of rotatable bonds is 5. The fraction of sp³-hybridized carbons (Fsp3) is 0.481. The molecule has 2 fully saturated rings. The minimum atomic E-state index is -2.70. The monoisotopic (exact) mass is 541 g/mol. The number of primary amides is 1. The summed E-state index contributed by atoms with van der Waals surface area (Å²) in [5.74, 6) is -7.48. The zero-order valence-corrected chi connectivity index (χ0v) is 21.6. The normalized spacial score (nSPS) is 29.3. The number of morpholine rings is 1. The van der Waals surface area contributed by atoms with Crippen LogP contribution in [0.25, 0.3) is 5.76 Å². The molecule has 0 radical (unpaired) electrons. The van der Waals surface area contributed by atoms with Gasteiger partial charge >= 0.3 is 0 Å². The van der Waals surface area contributed by atoms with Gasteiger partial charge < -0.3 is 30.9 Å². The van der Waals surface area contributed by atoms with Crippen molar-refractivity contribution in [3.8, 4) is 5.75 Å². The number of phenols is 1. The zero-order chi connectivity index (χ0) is 28.4. The molecular weight excluding hydrogens is 510 g/mol. The predicted octanol–water partition coefficient (Wildman–Crippen LogP) is -0.521. The van der Waals surface area contributed by atoms with E-state index in [0.29, 0.717) is 31.9 Å². The molecule has 1 saturated carbocycles. The number of carbonyl (C=O) groups excluding carboxylic acids is 4. The van der Waals surface area contributed by atoms with E-state index in [0.717, 1.165) is 0 Å². The second-order valence-electron chi connectivity index (χ2n) is 10.8. The molecule has 1 heterocycles. The van der Waals surface area contributed by atoms with Crippen LogP contribution in [-0.4, -0.2) is 112 Å². The highest BCUT2D eigenvalue weighted by atomic mass is 16.5. The third-order valence-corrected chi connectivity index (χ3v) is 8.38. The Kier molecular flexibility index (Phi) is 6.62. The summed E-state index contributed by atoms with van der Waals surface area (Å²) in [6.07, 6.45) is 0.0195. The fourth-order valence-electron chi connectivity index (χ4n) is 6.55. The molecule has 0 aromatic heterocycles. The lowest BCUT2D eigenvalue weighted by molar-refractivity contribution is -0.153. The van der Waals surface area contributed by atoms with Gasteiger partial charge in [0.15, 0.2) is 17.2 Å². The van der Waals surface area contributed by atoms with Crippen LogP contribution in [0.1, 0.15) is 27.9 Å². The Morgan fingerprint density at radius 2 is 1.82 bits per heavy atom. The average Bonchev–Trinajstić information content (AvgIpc) is 2.86. The Morgan fingerprint density at radius 3 is 2.44 bits per heavy atom. The number of ether oxygens (including phenoxy) is 1. The number of phenolic OH excluding ortho intramolecular Hbond substituents is 1. The number of hydrogen-bond donors (Lipinski definition) is 5. The van der Waals surface area contributed by atoms with Crippen molar-refractivity contribution in [2.75, 3.05) is 46.9 Å². The molecule has 4 atom stereocenters. The summed E-state index contributed by atoms with van der Waals surface area (Å²) in [5, 5.41) is 44.5. The van der Waals surface area contributed by atoms with Crippen LogP contribution in [0.2, 0.25) is 0 Å². The molecule has 3 aliphatic carbocycles. The molecule has 0 bridgehead atoms. The van der Waals surface area contributed by atoms with Gasteiger partial charge in [-0.3, -0.25) is 29.0 Å². The number of benzene rings is 1. The van der Waals surface area contributed by atoms with E-state index in [1.165, 1.54) is 31.1 Å². The van der Waals surface area contributed by atoms with Gasteiger partial charge in [0, 0.05) is 30.1 Å². The molecule has 5 rings (SSSR count). The maximum absolute atomic E-state index is 13.9. The predicted molar refractivity (Wildman–Crippen MR) is 136 cm³/mol. The van der Waals surface area contributed by atoms with Gasteiger partial charge in [-0.05, 0) is 50.6 Å². The quantitative estimate of drug-likeness (QED) is 0.238. The molecular formula is C27H31N3O9. The summed E-state index contributed by atoms with van der Waals surface area (Å²) < 4.78 is 5.34. The van der Waals surface area contributed by atoms with Crippen LogP contribution < -0.4 is 5.73 Å². The van der Waals surface area contributed by atoms with Gasteiger partial charge in [-0.2, -0.15) is 0 Å². The Hall–Kier alpha value is -3.58. The number of nitrogens with zero attached hydrogens (tertiary/aromatic N) is 2. The fourth-order valence-corrected chi connectivity index (χ4v) is 6.55. The summed E-state index contributed by atoms with van der Waals surface area (Å²) in [6.45, 7) is 2.29. The van der Waals surface area contributed by atoms with Gasteiger partial charge in [-0.25, -0.2) is 0 Å². The highest BCUT2D eigenvalue weighted by molar-refractivity contribution is 6.24. The van der Waals surface area contributed by atoms with E-state index in [1.54, 1.807) is 0 Å². The van der Waals surface area contributed by atoms with Gasteiger partial charge in [0.05, 0.1) is 31.4 Å². The molecule has 4 unspecified atom stereocenters. The summed E-state index contributed by atoms with van der Waals surface area (Å²) in [4.78, 5) is 55.8. The maximum atomic E-state index is 13.9. The van der Waals surface area contributed by atoms with Crippen LogP contribution in [0.4, 0.5) is 0 Å². The van der Waals surface area contributed by atoms with Crippen molar-refractivity contribution in [3.63, 3.8) is 0 Å². The van der Waals surface area contributed by atoms with Gasteiger partial charge in [0.1, 0.15) is 22.8 Å². The number of aromatic hydroxyl groups is 1. The summed E-state index contributed by atoms with van der Waals surface area (Å²) >= 11 is 0. The van der Waals surface area contributed by atoms with E-state index >= 15 is 0 Å². The molecule has 39 heavy (non-hydrogen) atoms. The van der Waals surface area contributed by atoms with Crippen molar-refractivity contribution in [1.29, 1.82) is 0 Å². The largest absolute Gasteiger partial charge is 0.508 e. The second-order valence-corrected chi connectivity index (χ2v) is 10.8. The molecule has 0 spiro atoms. The molecule has 6 N–H and O–H groups in total. The lowest BCUT2D eigenvalue weighted by Gasteiger charge is -2.50. The molecule has 1 aromatic rings. The minimum absolute atomic E-state index is 0.0431. The number of aliphatic hydroxyl groups is 3. The Labute approximate surface area is 223 Å². The van der Waals surface area contributed by atoms with E-state index in [4.69, 9.17) is 10.5 Å². The molecule has 4 aliphatic rings. The van der Waals surface area contributed by atoms with Gasteiger partial charge in [0.2, 0.25) is 5.78 Å². The lowest BCUT2D eigenvalue weighted by Crippen LogP contribution is -2.65. The molecule has 1 saturated heterocycles. The average molecular weight is 542 g/mol. The topological polar surface area (TPSA) is 191 Å². The molecule has 1 amide bonds. The van der Waals surface area contributed by atoms with Crippen molar-refractivity contribution in [2.24, 2.45) is 17.6 Å². The maximum Gasteiger partial charge on any atom is 0.255 e. The number of ketones is 3. The van der Waals surface area contributed by atoms with E-state index in [2.05, 4.69) is 0 Å². The van der Waals surface area contributed by atoms with Crippen LogP contribution in [0.15, 0.2) is 29.0 Å². The van der Waals surface area contributed by atoms with Gasteiger partial charge in [0.25, 0.3) is 5.91 Å². The Balaban J connectivity index is 1.63. The van der Waals surface area contributed by atoms with Gasteiger partial charge in [-0.15, -0.1) is 0 Å². The number of nitrogens with two attached hydrogens (primary N) is 1. The number of amides is 1. The van der Waals surface area contributed by atoms with Crippen molar-refractivity contribution in [3.05, 3.63) is 45.7 Å². The third-order valence-electron chi connectivity index (χ3n) is 8.38. The summed E-state index contributed by atoms with van der Waals surface area (Å²) in [5.41, 5.74) is 2.06. The van der Waals surface area contributed by atoms with Crippen LogP contribution >= 0.6 is 0 Å². The van der Waals surface area contributed by atoms with Crippen molar-refractivity contribution < 1.29 is 44.3 Å². The number of hydrogen-bond acceptors (Lipinski definition) is 11. The first-order chi connectivity index (χ1) is 18.4. The standard InChI is InChI=1S/C27H31N3O9/c1-29(2)21-15-10-12-9-14-13(17(32)11-30-5-7-39-8-6-30)3-4-16(31)19(14)22(33)18(12)24(35)27(15,38)25(36)20(23(21)34)26(28)37/h3-4,12,15,21,31,33,36,38H,5-11H2,1-2H3,(H2,28,37). The molecule has 12 heteroatoms. The van der Waals surface area contributed by atoms with Crippen LogP contribution in [0.5, 0.6) is 5.75 Å². The number of Topliss-reactive ketones (excluding diaryl/α,β-unsaturated/α-hetero) is 3. The van der Waals surface area contributed by atoms with E-state index < -0.39 is 58.0 Å². The van der Waals surface area contributed by atoms with Crippen LogP contribution in [0.3, 0.4) is 0 Å². The highest BCUT2D eigenvalue weighted by Gasteiger charge is 2.64. The number of carbonyl (C=O) groups is 4. The SMILES string of the molecule is CN(C)C1C(=O)C(C(N)=O)=C(O)C2(O)C(=O)C3=C(O)c4c(O)ccc(C(=O)CN5CCOCC5)c4CC3CC12. The van der Waals surface area contributed by atoms with Crippen molar-refractivity contribution in [2.45, 2.75) is 24.5 Å². The molecule has 208 valence electrons. The minimum Gasteiger partial charge on any atom is -0.508 e. The van der Waals surface area contributed by atoms with E-state index in [-0.39, 0.29) is 47.6 Å². The first-order valence-corrected chi connectivity index (χ1v) is 12.7. The Morgan fingerprint density at radius 1 is 1.15 bits per heavy atom. The van der Waals surface area contributed by atoms with Crippen LogP contribution in [0, 0.1) is 11.8 Å². The zero-order valence-electron chi connectivity index (χ0n) is 21.6.